The van der Waals surface area contributed by atoms with Gasteiger partial charge in [-0.25, -0.2) is 17.8 Å². The van der Waals surface area contributed by atoms with Crippen LogP contribution >= 0.6 is 15.9 Å². The van der Waals surface area contributed by atoms with E-state index in [0.29, 0.717) is 5.69 Å². The van der Waals surface area contributed by atoms with Gasteiger partial charge in [-0.2, -0.15) is 0 Å². The Morgan fingerprint density at radius 1 is 1.20 bits per heavy atom. The number of hydrogen-bond donors (Lipinski definition) is 1. The topological polar surface area (TPSA) is 59.1 Å². The molecule has 0 amide bonds. The van der Waals surface area contributed by atoms with E-state index in [0.717, 1.165) is 17.7 Å². The molecule has 0 saturated carbocycles. The Balaban J connectivity index is 2.40. The van der Waals surface area contributed by atoms with Gasteiger partial charge in [0.15, 0.2) is 0 Å². The first-order valence-corrected chi connectivity index (χ1v) is 7.99. The van der Waals surface area contributed by atoms with E-state index in [-0.39, 0.29) is 15.2 Å². The summed E-state index contributed by atoms with van der Waals surface area (Å²) in [6, 6.07) is 6.86. The van der Waals surface area contributed by atoms with E-state index in [9.17, 15) is 12.8 Å². The molecule has 0 spiro atoms. The summed E-state index contributed by atoms with van der Waals surface area (Å²) < 4.78 is 40.1. The zero-order valence-corrected chi connectivity index (χ0v) is 13.2. The van der Waals surface area contributed by atoms with E-state index in [1.54, 1.807) is 13.0 Å². The lowest BCUT2D eigenvalue weighted by Gasteiger charge is -2.10. The molecule has 0 aliphatic heterocycles. The summed E-state index contributed by atoms with van der Waals surface area (Å²) in [4.78, 5) is 4.07. The van der Waals surface area contributed by atoms with Crippen molar-refractivity contribution in [2.75, 3.05) is 4.72 Å². The summed E-state index contributed by atoms with van der Waals surface area (Å²) >= 11 is 3.05. The van der Waals surface area contributed by atoms with E-state index >= 15 is 0 Å². The molecule has 2 aromatic rings. The first-order valence-electron chi connectivity index (χ1n) is 5.71. The van der Waals surface area contributed by atoms with Gasteiger partial charge in [-0.05, 0) is 65.7 Å². The van der Waals surface area contributed by atoms with E-state index < -0.39 is 15.8 Å². The van der Waals surface area contributed by atoms with Crippen molar-refractivity contribution in [3.05, 3.63) is 51.9 Å². The van der Waals surface area contributed by atoms with Crippen molar-refractivity contribution in [2.45, 2.75) is 18.7 Å². The number of anilines is 1. The highest BCUT2D eigenvalue weighted by molar-refractivity contribution is 9.10. The molecule has 106 valence electrons. The first-order chi connectivity index (χ1) is 9.28. The molecule has 0 aliphatic rings. The van der Waals surface area contributed by atoms with Crippen LogP contribution in [0, 0.1) is 19.7 Å². The fraction of sp³-hybridized carbons (Fsp3) is 0.154. The molecule has 0 saturated heterocycles. The smallest absolute Gasteiger partial charge is 0.263 e. The largest absolute Gasteiger partial charge is 0.264 e. The Bertz CT molecular complexity index is 743. The Morgan fingerprint density at radius 3 is 2.50 bits per heavy atom. The Hall–Kier alpha value is -1.47. The third-order valence-corrected chi connectivity index (χ3v) is 4.85. The highest BCUT2D eigenvalue weighted by atomic mass is 79.9. The number of rotatable bonds is 3. The van der Waals surface area contributed by atoms with Gasteiger partial charge in [0.25, 0.3) is 10.0 Å². The van der Waals surface area contributed by atoms with E-state index in [4.69, 9.17) is 0 Å². The average molecular weight is 359 g/mol. The van der Waals surface area contributed by atoms with Gasteiger partial charge in [-0.1, -0.05) is 0 Å². The predicted molar refractivity (Wildman–Crippen MR) is 78.6 cm³/mol. The Labute approximate surface area is 125 Å². The fourth-order valence-corrected chi connectivity index (χ4v) is 3.82. The molecule has 0 fully saturated rings. The monoisotopic (exact) mass is 358 g/mol. The van der Waals surface area contributed by atoms with Crippen molar-refractivity contribution in [1.29, 1.82) is 0 Å². The minimum atomic E-state index is -3.82. The quantitative estimate of drug-likeness (QED) is 0.914. The van der Waals surface area contributed by atoms with Crippen molar-refractivity contribution in [1.82, 2.24) is 4.98 Å². The molecular weight excluding hydrogens is 347 g/mol. The molecule has 0 unspecified atom stereocenters. The third-order valence-electron chi connectivity index (χ3n) is 2.52. The molecular formula is C13H12BrFN2O2S. The molecule has 1 N–H and O–H groups in total. The van der Waals surface area contributed by atoms with Crippen LogP contribution in [0.1, 0.15) is 11.3 Å². The number of hydrogen-bond acceptors (Lipinski definition) is 3. The number of nitrogens with zero attached hydrogens (tertiary/aromatic N) is 1. The zero-order chi connectivity index (χ0) is 14.9. The molecule has 0 bridgehead atoms. The standard InChI is InChI=1S/C13H12BrFN2O2S/c1-8-5-9(2)16-13(6-8)17-20(18,19)12-4-3-10(15)7-11(12)14/h3-7H,1-2H3,(H,16,17). The van der Waals surface area contributed by atoms with Crippen LogP contribution in [0.25, 0.3) is 0 Å². The summed E-state index contributed by atoms with van der Waals surface area (Å²) in [6.07, 6.45) is 0. The van der Waals surface area contributed by atoms with Gasteiger partial charge in [0, 0.05) is 10.2 Å². The van der Waals surface area contributed by atoms with Gasteiger partial charge in [-0.3, -0.25) is 4.72 Å². The van der Waals surface area contributed by atoms with Crippen molar-refractivity contribution in [3.8, 4) is 0 Å². The molecule has 1 heterocycles. The molecule has 0 atom stereocenters. The highest BCUT2D eigenvalue weighted by Gasteiger charge is 2.19. The van der Waals surface area contributed by atoms with Gasteiger partial charge in [0.2, 0.25) is 0 Å². The number of nitrogens with one attached hydrogen (secondary N) is 1. The van der Waals surface area contributed by atoms with Gasteiger partial charge in [0.1, 0.15) is 16.5 Å². The normalized spacial score (nSPS) is 11.4. The number of aromatic nitrogens is 1. The van der Waals surface area contributed by atoms with E-state index in [2.05, 4.69) is 25.6 Å². The molecule has 2 rings (SSSR count). The lowest BCUT2D eigenvalue weighted by molar-refractivity contribution is 0.598. The minimum absolute atomic E-state index is 0.0418. The van der Waals surface area contributed by atoms with Crippen LogP contribution in [-0.4, -0.2) is 13.4 Å². The van der Waals surface area contributed by atoms with Gasteiger partial charge < -0.3 is 0 Å². The van der Waals surface area contributed by atoms with Crippen LogP contribution in [0.5, 0.6) is 0 Å². The van der Waals surface area contributed by atoms with Crippen molar-refractivity contribution in [3.63, 3.8) is 0 Å². The maximum Gasteiger partial charge on any atom is 0.264 e. The summed E-state index contributed by atoms with van der Waals surface area (Å²) in [6.45, 7) is 3.62. The second kappa shape index (κ2) is 5.49. The Morgan fingerprint density at radius 2 is 1.90 bits per heavy atom. The van der Waals surface area contributed by atoms with Crippen molar-refractivity contribution < 1.29 is 12.8 Å². The molecule has 4 nitrogen and oxygen atoms in total. The number of aryl methyl sites for hydroxylation is 2. The van der Waals surface area contributed by atoms with Crippen LogP contribution in [0.3, 0.4) is 0 Å². The van der Waals surface area contributed by atoms with Gasteiger partial charge in [-0.15, -0.1) is 0 Å². The van der Waals surface area contributed by atoms with Crippen molar-refractivity contribution >= 4 is 31.8 Å². The molecule has 7 heteroatoms. The molecule has 0 aliphatic carbocycles. The van der Waals surface area contributed by atoms with E-state index in [1.165, 1.54) is 6.07 Å². The third kappa shape index (κ3) is 3.34. The summed E-state index contributed by atoms with van der Waals surface area (Å²) in [5.41, 5.74) is 1.61. The fourth-order valence-electron chi connectivity index (χ4n) is 1.78. The predicted octanol–water partition coefficient (Wildman–Crippen LogP) is 3.40. The van der Waals surface area contributed by atoms with E-state index in [1.807, 2.05) is 13.0 Å². The first kappa shape index (κ1) is 14.9. The number of pyridine rings is 1. The number of halogens is 2. The molecule has 1 aromatic heterocycles. The molecule has 0 radical (unpaired) electrons. The number of sulfonamides is 1. The minimum Gasteiger partial charge on any atom is -0.263 e. The molecule has 1 aromatic carbocycles. The zero-order valence-electron chi connectivity index (χ0n) is 10.8. The lowest BCUT2D eigenvalue weighted by Crippen LogP contribution is -2.15. The van der Waals surface area contributed by atoms with Crippen LogP contribution in [0.15, 0.2) is 39.7 Å². The molecule has 20 heavy (non-hydrogen) atoms. The second-order valence-corrected chi connectivity index (χ2v) is 6.86. The maximum absolute atomic E-state index is 13.0. The van der Waals surface area contributed by atoms with Gasteiger partial charge in [0.05, 0.1) is 0 Å². The van der Waals surface area contributed by atoms with Gasteiger partial charge >= 0.3 is 0 Å². The van der Waals surface area contributed by atoms with Crippen LogP contribution < -0.4 is 4.72 Å². The SMILES string of the molecule is Cc1cc(C)nc(NS(=O)(=O)c2ccc(F)cc2Br)c1. The van der Waals surface area contributed by atoms with Crippen LogP contribution in [0.2, 0.25) is 0 Å². The average Bonchev–Trinajstić information content (AvgIpc) is 2.25. The van der Waals surface area contributed by atoms with Crippen LogP contribution in [0.4, 0.5) is 10.2 Å². The summed E-state index contributed by atoms with van der Waals surface area (Å²) in [5.74, 6) is -0.279. The lowest BCUT2D eigenvalue weighted by atomic mass is 10.2. The maximum atomic E-state index is 13.0. The summed E-state index contributed by atoms with van der Waals surface area (Å²) in [7, 11) is -3.82. The van der Waals surface area contributed by atoms with Crippen LogP contribution in [-0.2, 0) is 10.0 Å². The summed E-state index contributed by atoms with van der Waals surface area (Å²) in [5, 5.41) is 0. The Kier molecular flexibility index (Phi) is 4.10. The number of benzene rings is 1. The second-order valence-electron chi connectivity index (χ2n) is 4.35. The highest BCUT2D eigenvalue weighted by Crippen LogP contribution is 2.24. The van der Waals surface area contributed by atoms with Crippen molar-refractivity contribution in [2.24, 2.45) is 0 Å².